The summed E-state index contributed by atoms with van der Waals surface area (Å²) in [4.78, 5) is 63.6. The van der Waals surface area contributed by atoms with Crippen LogP contribution in [0.2, 0.25) is 0 Å². The van der Waals surface area contributed by atoms with Crippen molar-refractivity contribution in [2.45, 2.75) is 45.8 Å². The Bertz CT molecular complexity index is 1250. The van der Waals surface area contributed by atoms with E-state index in [9.17, 15) is 28.4 Å². The van der Waals surface area contributed by atoms with E-state index in [2.05, 4.69) is 20.9 Å². The number of carbonyl (C=O) groups is 3. The first kappa shape index (κ1) is 35.4. The second-order valence-corrected chi connectivity index (χ2v) is 9.30. The topological polar surface area (TPSA) is 187 Å². The molecule has 6 N–H and O–H groups in total. The maximum Gasteiger partial charge on any atom is 0.328 e. The van der Waals surface area contributed by atoms with E-state index in [1.807, 2.05) is 0 Å². The van der Waals surface area contributed by atoms with Crippen LogP contribution in [0.15, 0.2) is 40.1 Å². The summed E-state index contributed by atoms with van der Waals surface area (Å²) in [7, 11) is 0. The summed E-state index contributed by atoms with van der Waals surface area (Å²) in [6.45, 7) is 6.60. The second-order valence-electron chi connectivity index (χ2n) is 9.30. The van der Waals surface area contributed by atoms with Crippen LogP contribution in [-0.4, -0.2) is 72.3 Å². The van der Waals surface area contributed by atoms with Gasteiger partial charge in [-0.3, -0.25) is 23.7 Å². The average Bonchev–Trinajstić information content (AvgIpc) is 2.92. The molecule has 228 valence electrons. The first-order chi connectivity index (χ1) is 19.0. The van der Waals surface area contributed by atoms with Gasteiger partial charge in [-0.25, -0.2) is 4.79 Å². The van der Waals surface area contributed by atoms with Crippen molar-refractivity contribution in [3.63, 3.8) is 0 Å². The molecule has 13 nitrogen and oxygen atoms in total. The lowest BCUT2D eigenvalue weighted by molar-refractivity contribution is -0.132. The van der Waals surface area contributed by atoms with E-state index in [0.29, 0.717) is 43.8 Å². The Morgan fingerprint density at radius 1 is 0.976 bits per heavy atom. The van der Waals surface area contributed by atoms with Gasteiger partial charge in [0, 0.05) is 24.8 Å². The number of hydrogen-bond donors (Lipinski definition) is 5. The van der Waals surface area contributed by atoms with Crippen LogP contribution in [0, 0.1) is 11.7 Å². The summed E-state index contributed by atoms with van der Waals surface area (Å²) < 4.78 is 24.7. The van der Waals surface area contributed by atoms with Gasteiger partial charge in [-0.1, -0.05) is 26.0 Å². The molecule has 0 saturated carbocycles. The van der Waals surface area contributed by atoms with Gasteiger partial charge >= 0.3 is 5.69 Å². The summed E-state index contributed by atoms with van der Waals surface area (Å²) in [5.74, 6) is -2.69. The van der Waals surface area contributed by atoms with Crippen molar-refractivity contribution < 1.29 is 28.2 Å². The Hall–Kier alpha value is -3.59. The summed E-state index contributed by atoms with van der Waals surface area (Å²) in [6, 6.07) is 4.44. The van der Waals surface area contributed by atoms with E-state index >= 15 is 0 Å². The monoisotopic (exact) mass is 600 g/mol. The van der Waals surface area contributed by atoms with Crippen molar-refractivity contribution in [1.82, 2.24) is 20.2 Å². The van der Waals surface area contributed by atoms with Crippen LogP contribution in [0.4, 0.5) is 10.1 Å². The maximum absolute atomic E-state index is 13.5. The zero-order chi connectivity index (χ0) is 29.7. The number of nitrogens with one attached hydrogen (secondary N) is 4. The molecule has 0 saturated heterocycles. The molecule has 0 fully saturated rings. The molecule has 0 aliphatic heterocycles. The Balaban J connectivity index is 0.00000840. The van der Waals surface area contributed by atoms with Gasteiger partial charge in [-0.15, -0.1) is 12.4 Å². The molecule has 0 aliphatic rings. The van der Waals surface area contributed by atoms with Crippen LogP contribution in [0.25, 0.3) is 0 Å². The number of amides is 3. The summed E-state index contributed by atoms with van der Waals surface area (Å²) in [5.41, 5.74) is 4.46. The van der Waals surface area contributed by atoms with Gasteiger partial charge in [0.2, 0.25) is 23.5 Å². The average molecular weight is 601 g/mol. The highest BCUT2D eigenvalue weighted by molar-refractivity contribution is 5.98. The molecule has 15 heteroatoms. The minimum Gasteiger partial charge on any atom is -0.379 e. The number of aromatic nitrogens is 2. The molecule has 3 amide bonds. The van der Waals surface area contributed by atoms with E-state index in [-0.39, 0.29) is 43.8 Å². The highest BCUT2D eigenvalue weighted by Gasteiger charge is 2.27. The van der Waals surface area contributed by atoms with Gasteiger partial charge in [0.05, 0.1) is 33.0 Å². The number of aromatic amines is 1. The van der Waals surface area contributed by atoms with E-state index in [0.717, 1.165) is 4.57 Å². The first-order valence-electron chi connectivity index (χ1n) is 12.9. The number of halogens is 2. The zero-order valence-corrected chi connectivity index (χ0v) is 24.1. The normalized spacial score (nSPS) is 12.2. The van der Waals surface area contributed by atoms with E-state index < -0.39 is 41.0 Å². The number of H-pyrrole nitrogens is 1. The van der Waals surface area contributed by atoms with Crippen molar-refractivity contribution in [3.05, 3.63) is 62.7 Å². The highest BCUT2D eigenvalue weighted by atomic mass is 35.5. The molecule has 0 spiro atoms. The zero-order valence-electron chi connectivity index (χ0n) is 23.2. The fraction of sp³-hybridized carbons (Fsp3) is 0.500. The van der Waals surface area contributed by atoms with Crippen LogP contribution in [0.3, 0.4) is 0 Å². The molecule has 2 aromatic rings. The summed E-state index contributed by atoms with van der Waals surface area (Å²) >= 11 is 0. The Labute approximate surface area is 242 Å². The Morgan fingerprint density at radius 3 is 2.22 bits per heavy atom. The lowest BCUT2D eigenvalue weighted by Crippen LogP contribution is -2.53. The predicted octanol–water partition coefficient (Wildman–Crippen LogP) is 0.112. The molecule has 1 aromatic heterocycles. The SMILES string of the molecule is CC(C)[C@H](NC(=O)CCOCCOCCN)C(=O)N[C@@H](C)C(=O)Nc1ccc(Cn2c(=O)[nH]cc(F)c2=O)cc1.Cl. The van der Waals surface area contributed by atoms with Crippen molar-refractivity contribution in [2.24, 2.45) is 11.7 Å². The van der Waals surface area contributed by atoms with Crippen molar-refractivity contribution in [1.29, 1.82) is 0 Å². The Kier molecular flexibility index (Phi) is 15.5. The van der Waals surface area contributed by atoms with E-state index in [1.54, 1.807) is 38.1 Å². The van der Waals surface area contributed by atoms with Crippen molar-refractivity contribution in [2.75, 3.05) is 38.3 Å². The van der Waals surface area contributed by atoms with Crippen LogP contribution in [-0.2, 0) is 30.4 Å². The van der Waals surface area contributed by atoms with E-state index in [4.69, 9.17) is 15.2 Å². The molecular weight excluding hydrogens is 563 g/mol. The quantitative estimate of drug-likeness (QED) is 0.168. The standard InChI is InChI=1S/C26H37FN6O7.ClH/c1-16(2)22(32-21(34)8-10-39-12-13-40-11-9-28)24(36)30-17(3)23(35)31-19-6-4-18(5-7-19)15-33-25(37)20(27)14-29-26(33)38;/h4-7,14,16-17,22H,8-13,15,28H2,1-3H3,(H,29,38)(H,30,36)(H,31,35)(H,32,34);1H/t17-,22-;/m0./s1. The van der Waals surface area contributed by atoms with Crippen molar-refractivity contribution >= 4 is 35.8 Å². The molecule has 41 heavy (non-hydrogen) atoms. The third-order valence-electron chi connectivity index (χ3n) is 5.70. The molecule has 0 unspecified atom stereocenters. The van der Waals surface area contributed by atoms with Crippen molar-refractivity contribution in [3.8, 4) is 0 Å². The molecule has 0 aliphatic carbocycles. The number of carbonyl (C=O) groups excluding carboxylic acids is 3. The highest BCUT2D eigenvalue weighted by Crippen LogP contribution is 2.11. The van der Waals surface area contributed by atoms with Crippen LogP contribution in [0.1, 0.15) is 32.8 Å². The number of rotatable bonds is 16. The smallest absolute Gasteiger partial charge is 0.328 e. The molecule has 1 heterocycles. The van der Waals surface area contributed by atoms with Gasteiger partial charge in [0.1, 0.15) is 12.1 Å². The first-order valence-corrected chi connectivity index (χ1v) is 12.9. The fourth-order valence-electron chi connectivity index (χ4n) is 3.48. The number of benzene rings is 1. The molecule has 2 atom stereocenters. The lowest BCUT2D eigenvalue weighted by Gasteiger charge is -2.24. The lowest BCUT2D eigenvalue weighted by atomic mass is 10.0. The molecular formula is C26H38ClFN6O7. The van der Waals surface area contributed by atoms with E-state index in [1.165, 1.54) is 6.92 Å². The van der Waals surface area contributed by atoms with Gasteiger partial charge in [-0.2, -0.15) is 4.39 Å². The Morgan fingerprint density at radius 2 is 1.61 bits per heavy atom. The summed E-state index contributed by atoms with van der Waals surface area (Å²) in [6.07, 6.45) is 0.762. The van der Waals surface area contributed by atoms with Gasteiger partial charge in [-0.05, 0) is 30.5 Å². The number of nitrogens with two attached hydrogens (primary N) is 1. The number of nitrogens with zero attached hydrogens (tertiary/aromatic N) is 1. The predicted molar refractivity (Wildman–Crippen MR) is 152 cm³/mol. The van der Waals surface area contributed by atoms with Gasteiger partial charge in [0.25, 0.3) is 5.56 Å². The molecule has 2 rings (SSSR count). The summed E-state index contributed by atoms with van der Waals surface area (Å²) in [5, 5.41) is 7.95. The third-order valence-corrected chi connectivity index (χ3v) is 5.70. The largest absolute Gasteiger partial charge is 0.379 e. The second kappa shape index (κ2) is 18.0. The third kappa shape index (κ3) is 11.8. The van der Waals surface area contributed by atoms with Gasteiger partial charge < -0.3 is 36.1 Å². The van der Waals surface area contributed by atoms with Crippen LogP contribution in [0.5, 0.6) is 0 Å². The number of hydrogen-bond acceptors (Lipinski definition) is 8. The molecule has 0 bridgehead atoms. The minimum absolute atomic E-state index is 0. The minimum atomic E-state index is -1.08. The molecule has 0 radical (unpaired) electrons. The number of ether oxygens (including phenoxy) is 2. The van der Waals surface area contributed by atoms with Gasteiger partial charge in [0.15, 0.2) is 0 Å². The van der Waals surface area contributed by atoms with Crippen LogP contribution < -0.4 is 32.9 Å². The van der Waals surface area contributed by atoms with Crippen LogP contribution >= 0.6 is 12.4 Å². The maximum atomic E-state index is 13.5. The number of anilines is 1. The molecule has 1 aromatic carbocycles. The fourth-order valence-corrected chi connectivity index (χ4v) is 3.48.